The van der Waals surface area contributed by atoms with E-state index in [0.29, 0.717) is 5.69 Å². The van der Waals surface area contributed by atoms with Crippen molar-refractivity contribution in [3.05, 3.63) is 32.9 Å². The van der Waals surface area contributed by atoms with Crippen molar-refractivity contribution < 1.29 is 9.53 Å². The number of hydrogen-bond acceptors (Lipinski definition) is 4. The van der Waals surface area contributed by atoms with Crippen LogP contribution in [0.4, 0.5) is 5.69 Å². The zero-order chi connectivity index (χ0) is 12.1. The van der Waals surface area contributed by atoms with E-state index in [1.165, 1.54) is 6.07 Å². The molecule has 0 radical (unpaired) electrons. The Bertz CT molecular complexity index is 469. The first-order valence-corrected chi connectivity index (χ1v) is 4.87. The molecule has 0 fully saturated rings. The third kappa shape index (κ3) is 2.62. The fraction of sp³-hybridized carbons (Fsp3) is 0.333. The van der Waals surface area contributed by atoms with Crippen molar-refractivity contribution >= 4 is 23.3 Å². The van der Waals surface area contributed by atoms with Gasteiger partial charge in [0.25, 0.3) is 0 Å². The van der Waals surface area contributed by atoms with Crippen molar-refractivity contribution in [3.63, 3.8) is 0 Å². The van der Waals surface area contributed by atoms with Gasteiger partial charge in [-0.1, -0.05) is 16.7 Å². The number of rotatable bonds is 3. The number of pyridine rings is 1. The van der Waals surface area contributed by atoms with Gasteiger partial charge in [0.2, 0.25) is 0 Å². The number of carbonyl (C=O) groups is 1. The molecule has 6 nitrogen and oxygen atoms in total. The molecule has 0 bridgehead atoms. The fourth-order valence-electron chi connectivity index (χ4n) is 1.14. The number of hydrogen-bond donors (Lipinski definition) is 0. The molecule has 1 rings (SSSR count). The lowest BCUT2D eigenvalue weighted by atomic mass is 10.2. The second-order valence-corrected chi connectivity index (χ2v) is 3.22. The summed E-state index contributed by atoms with van der Waals surface area (Å²) in [5, 5.41) is 3.36. The summed E-state index contributed by atoms with van der Waals surface area (Å²) in [6.45, 7) is 3.55. The Morgan fingerprint density at radius 3 is 3.00 bits per heavy atom. The van der Waals surface area contributed by atoms with Gasteiger partial charge in [-0.2, -0.15) is 0 Å². The molecule has 0 saturated heterocycles. The summed E-state index contributed by atoms with van der Waals surface area (Å²) in [5.74, 6) is -0.651. The fourth-order valence-corrected chi connectivity index (χ4v) is 1.45. The van der Waals surface area contributed by atoms with Crippen LogP contribution in [-0.2, 0) is 4.74 Å². The Morgan fingerprint density at radius 2 is 2.44 bits per heavy atom. The molecule has 0 N–H and O–H groups in total. The molecular formula is C9H9ClN4O2. The molecule has 0 aliphatic rings. The third-order valence-electron chi connectivity index (χ3n) is 1.71. The number of nitrogens with zero attached hydrogens (tertiary/aromatic N) is 4. The molecule has 7 heteroatoms. The minimum absolute atomic E-state index is 0.00748. The smallest absolute Gasteiger partial charge is 0.341 e. The van der Waals surface area contributed by atoms with Crippen LogP contribution >= 0.6 is 11.6 Å². The molecule has 1 aromatic heterocycles. The Hall–Kier alpha value is -1.78. The van der Waals surface area contributed by atoms with Crippen LogP contribution in [0.1, 0.15) is 23.0 Å². The average molecular weight is 241 g/mol. The maximum Gasteiger partial charge on any atom is 0.341 e. The Morgan fingerprint density at radius 1 is 1.75 bits per heavy atom. The van der Waals surface area contributed by atoms with Crippen molar-refractivity contribution in [2.75, 3.05) is 6.61 Å². The Labute approximate surface area is 96.8 Å². The van der Waals surface area contributed by atoms with E-state index < -0.39 is 5.97 Å². The molecule has 0 aliphatic carbocycles. The van der Waals surface area contributed by atoms with Gasteiger partial charge < -0.3 is 4.74 Å². The number of carbonyl (C=O) groups excluding carboxylic acids is 1. The largest absolute Gasteiger partial charge is 0.462 e. The maximum absolute atomic E-state index is 11.5. The number of aromatic nitrogens is 1. The van der Waals surface area contributed by atoms with Gasteiger partial charge in [-0.05, 0) is 25.4 Å². The van der Waals surface area contributed by atoms with Crippen molar-refractivity contribution in [1.82, 2.24) is 4.98 Å². The highest BCUT2D eigenvalue weighted by molar-refractivity contribution is 6.33. The summed E-state index contributed by atoms with van der Waals surface area (Å²) in [6.07, 6.45) is 0. The number of ether oxygens (including phenoxy) is 1. The van der Waals surface area contributed by atoms with E-state index in [2.05, 4.69) is 15.0 Å². The van der Waals surface area contributed by atoms with E-state index in [-0.39, 0.29) is 23.0 Å². The molecule has 0 atom stereocenters. The van der Waals surface area contributed by atoms with E-state index in [0.717, 1.165) is 0 Å². The number of aryl methyl sites for hydroxylation is 1. The molecule has 16 heavy (non-hydrogen) atoms. The van der Waals surface area contributed by atoms with Gasteiger partial charge in [-0.25, -0.2) is 9.78 Å². The first kappa shape index (κ1) is 12.3. The highest BCUT2D eigenvalue weighted by Gasteiger charge is 2.17. The first-order chi connectivity index (χ1) is 7.60. The van der Waals surface area contributed by atoms with Crippen molar-refractivity contribution in [2.24, 2.45) is 5.11 Å². The van der Waals surface area contributed by atoms with Crippen LogP contribution in [0.3, 0.4) is 0 Å². The van der Waals surface area contributed by atoms with Crippen LogP contribution in [0.2, 0.25) is 5.15 Å². The predicted molar refractivity (Wildman–Crippen MR) is 58.7 cm³/mol. The normalized spacial score (nSPS) is 9.44. The summed E-state index contributed by atoms with van der Waals surface area (Å²) in [4.78, 5) is 18.1. The molecule has 0 aliphatic heterocycles. The lowest BCUT2D eigenvalue weighted by molar-refractivity contribution is 0.0527. The van der Waals surface area contributed by atoms with Gasteiger partial charge >= 0.3 is 5.97 Å². The third-order valence-corrected chi connectivity index (χ3v) is 1.99. The van der Waals surface area contributed by atoms with Gasteiger partial charge in [0.05, 0.1) is 12.3 Å². The SMILES string of the molecule is CCOC(=O)c1c(N=[N+]=[N-])cc(C)nc1Cl. The second kappa shape index (κ2) is 5.34. The molecular weight excluding hydrogens is 232 g/mol. The maximum atomic E-state index is 11.5. The van der Waals surface area contributed by atoms with Gasteiger partial charge in [-0.15, -0.1) is 0 Å². The molecule has 0 aromatic carbocycles. The molecule has 84 valence electrons. The summed E-state index contributed by atoms with van der Waals surface area (Å²) in [5.41, 5.74) is 9.05. The van der Waals surface area contributed by atoms with Gasteiger partial charge in [-0.3, -0.25) is 0 Å². The first-order valence-electron chi connectivity index (χ1n) is 4.49. The lowest BCUT2D eigenvalue weighted by Crippen LogP contribution is -2.07. The molecule has 1 aromatic rings. The standard InChI is InChI=1S/C9H9ClN4O2/c1-3-16-9(15)7-6(13-14-11)4-5(2)12-8(7)10/h4H,3H2,1-2H3. The summed E-state index contributed by atoms with van der Waals surface area (Å²) in [6, 6.07) is 1.47. The van der Waals surface area contributed by atoms with Gasteiger partial charge in [0.1, 0.15) is 10.7 Å². The molecule has 1 heterocycles. The molecule has 0 saturated carbocycles. The quantitative estimate of drug-likeness (QED) is 0.267. The van der Waals surface area contributed by atoms with Crippen LogP contribution < -0.4 is 0 Å². The monoisotopic (exact) mass is 240 g/mol. The second-order valence-electron chi connectivity index (χ2n) is 2.86. The Balaban J connectivity index is 3.34. The van der Waals surface area contributed by atoms with E-state index in [1.807, 2.05) is 0 Å². The van der Waals surface area contributed by atoms with Gasteiger partial charge in [0.15, 0.2) is 0 Å². The van der Waals surface area contributed by atoms with Crippen LogP contribution in [0, 0.1) is 6.92 Å². The predicted octanol–water partition coefficient (Wildman–Crippen LogP) is 3.16. The van der Waals surface area contributed by atoms with E-state index in [1.54, 1.807) is 13.8 Å². The van der Waals surface area contributed by atoms with Crippen LogP contribution in [0.15, 0.2) is 11.2 Å². The highest BCUT2D eigenvalue weighted by Crippen LogP contribution is 2.27. The number of esters is 1. The summed E-state index contributed by atoms with van der Waals surface area (Å²) in [7, 11) is 0. The number of halogens is 1. The van der Waals surface area contributed by atoms with Crippen LogP contribution in [0.25, 0.3) is 10.4 Å². The summed E-state index contributed by atoms with van der Waals surface area (Å²) >= 11 is 5.81. The highest BCUT2D eigenvalue weighted by atomic mass is 35.5. The van der Waals surface area contributed by atoms with Crippen molar-refractivity contribution in [1.29, 1.82) is 0 Å². The molecule has 0 unspecified atom stereocenters. The van der Waals surface area contributed by atoms with Crippen molar-refractivity contribution in [2.45, 2.75) is 13.8 Å². The van der Waals surface area contributed by atoms with Crippen molar-refractivity contribution in [3.8, 4) is 0 Å². The van der Waals surface area contributed by atoms with Crippen LogP contribution in [0.5, 0.6) is 0 Å². The van der Waals surface area contributed by atoms with E-state index in [4.69, 9.17) is 21.9 Å². The molecule has 0 spiro atoms. The average Bonchev–Trinajstić information content (AvgIpc) is 2.17. The minimum Gasteiger partial charge on any atom is -0.462 e. The van der Waals surface area contributed by atoms with Crippen LogP contribution in [-0.4, -0.2) is 17.6 Å². The lowest BCUT2D eigenvalue weighted by Gasteiger charge is -2.07. The minimum atomic E-state index is -0.651. The molecule has 0 amide bonds. The van der Waals surface area contributed by atoms with E-state index >= 15 is 0 Å². The van der Waals surface area contributed by atoms with Gasteiger partial charge in [0, 0.05) is 10.6 Å². The summed E-state index contributed by atoms with van der Waals surface area (Å²) < 4.78 is 4.79. The topological polar surface area (TPSA) is 88.0 Å². The van der Waals surface area contributed by atoms with E-state index in [9.17, 15) is 4.79 Å². The Kier molecular flexibility index (Phi) is 4.10. The zero-order valence-electron chi connectivity index (χ0n) is 8.77. The number of azide groups is 1. The zero-order valence-corrected chi connectivity index (χ0v) is 9.52.